The summed E-state index contributed by atoms with van der Waals surface area (Å²) in [7, 11) is 1.65. The summed E-state index contributed by atoms with van der Waals surface area (Å²) in [5.74, 6) is 0.793. The van der Waals surface area contributed by atoms with Crippen molar-refractivity contribution in [2.24, 2.45) is 0 Å². The number of carbonyl (C=O) groups is 1. The maximum atomic E-state index is 12.9. The van der Waals surface area contributed by atoms with Gasteiger partial charge in [0.15, 0.2) is 22.7 Å². The molecule has 2 heterocycles. The van der Waals surface area contributed by atoms with Crippen LogP contribution in [0, 0.1) is 18.3 Å². The van der Waals surface area contributed by atoms with E-state index >= 15 is 0 Å². The van der Waals surface area contributed by atoms with Gasteiger partial charge in [0.2, 0.25) is 0 Å². The highest BCUT2D eigenvalue weighted by molar-refractivity contribution is 7.99. The van der Waals surface area contributed by atoms with Gasteiger partial charge in [-0.3, -0.25) is 4.79 Å². The molecule has 1 aromatic carbocycles. The third-order valence-electron chi connectivity index (χ3n) is 5.87. The molecule has 2 aromatic heterocycles. The molecular weight excluding hydrogens is 468 g/mol. The van der Waals surface area contributed by atoms with E-state index in [1.807, 2.05) is 36.6 Å². The van der Waals surface area contributed by atoms with Gasteiger partial charge in [-0.2, -0.15) is 5.26 Å². The fraction of sp³-hybridized carbons (Fsp3) is 0.458. The van der Waals surface area contributed by atoms with Crippen LogP contribution in [0.3, 0.4) is 0 Å². The maximum Gasteiger partial charge on any atom is 0.191 e. The van der Waals surface area contributed by atoms with Crippen molar-refractivity contribution in [3.8, 4) is 11.8 Å². The van der Waals surface area contributed by atoms with Crippen LogP contribution < -0.4 is 10.1 Å². The normalized spacial score (nSPS) is 15.0. The monoisotopic (exact) mass is 496 g/mol. The van der Waals surface area contributed by atoms with Crippen molar-refractivity contribution in [1.29, 1.82) is 5.26 Å². The van der Waals surface area contributed by atoms with E-state index in [0.29, 0.717) is 17.6 Å². The molecule has 0 radical (unpaired) electrons. The van der Waals surface area contributed by atoms with E-state index in [-0.39, 0.29) is 11.5 Å². The van der Waals surface area contributed by atoms with Crippen LogP contribution in [0.15, 0.2) is 34.8 Å². The Balaban J connectivity index is 1.49. The number of ether oxygens (including phenoxy) is 1. The second-order valence-corrected chi connectivity index (χ2v) is 10.1. The molecule has 1 aliphatic rings. The number of Topliss-reactive ketones (excluding diaryl/α,β-unsaturated/α-hetero) is 1. The Morgan fingerprint density at radius 1 is 1.35 bits per heavy atom. The Kier molecular flexibility index (Phi) is 8.19. The third kappa shape index (κ3) is 5.77. The fourth-order valence-electron chi connectivity index (χ4n) is 4.14. The topological polar surface area (TPSA) is 106 Å². The highest BCUT2D eigenvalue weighted by atomic mass is 32.2. The number of thiazole rings is 1. The molecule has 0 spiro atoms. The average molecular weight is 497 g/mol. The number of nitrogens with one attached hydrogen (secondary N) is 1. The Morgan fingerprint density at radius 3 is 2.88 bits per heavy atom. The predicted octanol–water partition coefficient (Wildman–Crippen LogP) is 5.14. The minimum Gasteiger partial charge on any atom is -0.497 e. The molecule has 0 unspecified atom stereocenters. The number of nitriles is 1. The van der Waals surface area contributed by atoms with Crippen molar-refractivity contribution in [3.63, 3.8) is 0 Å². The number of thioether (sulfide) groups is 1. The molecule has 34 heavy (non-hydrogen) atoms. The van der Waals surface area contributed by atoms with E-state index in [1.54, 1.807) is 7.11 Å². The predicted molar refractivity (Wildman–Crippen MR) is 133 cm³/mol. The molecule has 10 heteroatoms. The first kappa shape index (κ1) is 24.2. The molecule has 1 atom stereocenters. The number of hydrogen-bond acceptors (Lipinski definition) is 9. The average Bonchev–Trinajstić information content (AvgIpc) is 3.48. The Labute approximate surface area is 207 Å². The van der Waals surface area contributed by atoms with E-state index in [9.17, 15) is 10.1 Å². The number of hydrogen-bond donors (Lipinski definition) is 1. The first-order chi connectivity index (χ1) is 16.6. The second-order valence-electron chi connectivity index (χ2n) is 8.29. The van der Waals surface area contributed by atoms with Crippen molar-refractivity contribution in [3.05, 3.63) is 46.2 Å². The standard InChI is InChI=1S/C24H28N6O2S2/c1-16-14-33-23(27-16)20(12-25)21(31)15-34-24-29-28-22(30(24)18-8-4-3-5-9-18)13-26-17-7-6-10-19(11-17)32-2/h6-7,10-11,14,18,20,26H,3-5,8-9,13,15H2,1-2H3/t20-/m0/s1. The van der Waals surface area contributed by atoms with Gasteiger partial charge in [0, 0.05) is 28.9 Å². The third-order valence-corrected chi connectivity index (χ3v) is 7.87. The van der Waals surface area contributed by atoms with Crippen LogP contribution in [0.25, 0.3) is 0 Å². The molecule has 1 saturated carbocycles. The van der Waals surface area contributed by atoms with E-state index < -0.39 is 5.92 Å². The summed E-state index contributed by atoms with van der Waals surface area (Å²) in [6, 6.07) is 10.2. The fourth-order valence-corrected chi connectivity index (χ4v) is 5.93. The van der Waals surface area contributed by atoms with Crippen molar-refractivity contribution in [2.45, 2.75) is 62.7 Å². The van der Waals surface area contributed by atoms with Crippen molar-refractivity contribution in [1.82, 2.24) is 19.7 Å². The van der Waals surface area contributed by atoms with Gasteiger partial charge in [0.05, 0.1) is 25.5 Å². The summed E-state index contributed by atoms with van der Waals surface area (Å²) in [5.41, 5.74) is 1.77. The summed E-state index contributed by atoms with van der Waals surface area (Å²) in [5, 5.41) is 25.0. The zero-order valence-electron chi connectivity index (χ0n) is 19.4. The molecule has 0 bridgehead atoms. The number of carbonyl (C=O) groups excluding carboxylic acids is 1. The van der Waals surface area contributed by atoms with Gasteiger partial charge in [-0.15, -0.1) is 21.5 Å². The summed E-state index contributed by atoms with van der Waals surface area (Å²) >= 11 is 2.72. The highest BCUT2D eigenvalue weighted by Crippen LogP contribution is 2.33. The van der Waals surface area contributed by atoms with Gasteiger partial charge >= 0.3 is 0 Å². The van der Waals surface area contributed by atoms with E-state index in [1.165, 1.54) is 42.4 Å². The molecule has 0 amide bonds. The Bertz CT molecular complexity index is 1160. The summed E-state index contributed by atoms with van der Waals surface area (Å²) < 4.78 is 7.50. The molecule has 1 aliphatic carbocycles. The summed E-state index contributed by atoms with van der Waals surface area (Å²) in [6.45, 7) is 2.38. The molecule has 0 aliphatic heterocycles. The van der Waals surface area contributed by atoms with Gasteiger partial charge in [-0.25, -0.2) is 4.98 Å². The Morgan fingerprint density at radius 2 is 2.18 bits per heavy atom. The quantitative estimate of drug-likeness (QED) is 0.385. The largest absolute Gasteiger partial charge is 0.497 e. The SMILES string of the molecule is COc1cccc(NCc2nnc(SCC(=O)[C@H](C#N)c3nc(C)cs3)n2C2CCCCC2)c1. The Hall–Kier alpha value is -2.90. The van der Waals surface area contributed by atoms with Crippen LogP contribution in [-0.2, 0) is 11.3 Å². The number of aryl methyl sites for hydroxylation is 1. The minimum absolute atomic E-state index is 0.156. The molecule has 8 nitrogen and oxygen atoms in total. The lowest BCUT2D eigenvalue weighted by Crippen LogP contribution is -2.19. The van der Waals surface area contributed by atoms with Gasteiger partial charge in [0.1, 0.15) is 10.8 Å². The van der Waals surface area contributed by atoms with Gasteiger partial charge in [-0.1, -0.05) is 37.1 Å². The number of benzene rings is 1. The lowest BCUT2D eigenvalue weighted by molar-refractivity contribution is -0.116. The van der Waals surface area contributed by atoms with Gasteiger partial charge in [0.25, 0.3) is 0 Å². The van der Waals surface area contributed by atoms with Gasteiger partial charge in [-0.05, 0) is 31.9 Å². The van der Waals surface area contributed by atoms with Crippen LogP contribution in [0.1, 0.15) is 60.6 Å². The van der Waals surface area contributed by atoms with E-state index in [2.05, 4.69) is 31.1 Å². The molecule has 1 fully saturated rings. The number of methoxy groups -OCH3 is 1. The zero-order chi connectivity index (χ0) is 23.9. The van der Waals surface area contributed by atoms with Crippen LogP contribution in [0.2, 0.25) is 0 Å². The van der Waals surface area contributed by atoms with Crippen molar-refractivity contribution >= 4 is 34.6 Å². The minimum atomic E-state index is -0.841. The number of nitrogens with zero attached hydrogens (tertiary/aromatic N) is 5. The lowest BCUT2D eigenvalue weighted by atomic mass is 9.95. The number of ketones is 1. The van der Waals surface area contributed by atoms with Crippen LogP contribution in [-0.4, -0.2) is 38.4 Å². The molecular formula is C24H28N6O2S2. The zero-order valence-corrected chi connectivity index (χ0v) is 21.0. The molecule has 3 aromatic rings. The summed E-state index contributed by atoms with van der Waals surface area (Å²) in [4.78, 5) is 17.2. The van der Waals surface area contributed by atoms with Crippen molar-refractivity contribution in [2.75, 3.05) is 18.2 Å². The van der Waals surface area contributed by atoms with Crippen LogP contribution >= 0.6 is 23.1 Å². The molecule has 178 valence electrons. The number of rotatable bonds is 10. The van der Waals surface area contributed by atoms with Crippen LogP contribution in [0.5, 0.6) is 5.75 Å². The first-order valence-electron chi connectivity index (χ1n) is 11.4. The highest BCUT2D eigenvalue weighted by Gasteiger charge is 2.27. The van der Waals surface area contributed by atoms with Gasteiger partial charge < -0.3 is 14.6 Å². The molecule has 1 N–H and O–H groups in total. The van der Waals surface area contributed by atoms with Crippen molar-refractivity contribution < 1.29 is 9.53 Å². The molecule has 0 saturated heterocycles. The maximum absolute atomic E-state index is 12.9. The van der Waals surface area contributed by atoms with E-state index in [0.717, 1.165) is 41.0 Å². The first-order valence-corrected chi connectivity index (χ1v) is 13.2. The smallest absolute Gasteiger partial charge is 0.191 e. The lowest BCUT2D eigenvalue weighted by Gasteiger charge is -2.25. The second kappa shape index (κ2) is 11.5. The summed E-state index contributed by atoms with van der Waals surface area (Å²) in [6.07, 6.45) is 5.74. The molecule has 4 rings (SSSR count). The number of anilines is 1. The number of aromatic nitrogens is 4. The van der Waals surface area contributed by atoms with E-state index in [4.69, 9.17) is 4.74 Å². The van der Waals surface area contributed by atoms with Crippen LogP contribution in [0.4, 0.5) is 5.69 Å².